The summed E-state index contributed by atoms with van der Waals surface area (Å²) in [6.07, 6.45) is 0.436. The molecule has 100 valence electrons. The highest BCUT2D eigenvalue weighted by Crippen LogP contribution is 2.22. The maximum Gasteiger partial charge on any atom is 0.225 e. The highest BCUT2D eigenvalue weighted by molar-refractivity contribution is 8.01. The number of amides is 1. The molecule has 1 heterocycles. The fraction of sp³-hybridized carbons (Fsp3) is 0.250. The number of carbonyl (C=O) groups excluding carboxylic acids is 1. The standard InChI is InChI=1S/C12H12ClN3OS2/c1-8-15-16-12(19-8)18-7-6-11(17)14-10-4-2-9(13)3-5-10/h2-5H,6-7H2,1H3,(H,14,17). The molecule has 1 N–H and O–H groups in total. The molecule has 1 aromatic carbocycles. The van der Waals surface area contributed by atoms with Crippen molar-refractivity contribution in [1.82, 2.24) is 10.2 Å². The summed E-state index contributed by atoms with van der Waals surface area (Å²) in [6, 6.07) is 7.05. The van der Waals surface area contributed by atoms with Gasteiger partial charge >= 0.3 is 0 Å². The zero-order valence-corrected chi connectivity index (χ0v) is 12.6. The lowest BCUT2D eigenvalue weighted by atomic mass is 10.3. The van der Waals surface area contributed by atoms with Gasteiger partial charge in [0.2, 0.25) is 5.91 Å². The molecule has 7 heteroatoms. The normalized spacial score (nSPS) is 10.4. The summed E-state index contributed by atoms with van der Waals surface area (Å²) in [5.74, 6) is 0.671. The van der Waals surface area contributed by atoms with Gasteiger partial charge in [0, 0.05) is 22.9 Å². The lowest BCUT2D eigenvalue weighted by Gasteiger charge is -2.04. The molecule has 4 nitrogen and oxygen atoms in total. The largest absolute Gasteiger partial charge is 0.326 e. The van der Waals surface area contributed by atoms with Crippen LogP contribution in [0.4, 0.5) is 5.69 Å². The van der Waals surface area contributed by atoms with Crippen LogP contribution in [-0.2, 0) is 4.79 Å². The molecule has 0 fully saturated rings. The van der Waals surface area contributed by atoms with Crippen molar-refractivity contribution in [3.63, 3.8) is 0 Å². The molecule has 1 aromatic heterocycles. The highest BCUT2D eigenvalue weighted by Gasteiger charge is 2.05. The number of rotatable bonds is 5. The summed E-state index contributed by atoms with van der Waals surface area (Å²) in [7, 11) is 0. The number of aromatic nitrogens is 2. The SMILES string of the molecule is Cc1nnc(SCCC(=O)Nc2ccc(Cl)cc2)s1. The van der Waals surface area contributed by atoms with Gasteiger partial charge in [-0.1, -0.05) is 34.7 Å². The number of halogens is 1. The Morgan fingerprint density at radius 3 is 2.74 bits per heavy atom. The average Bonchev–Trinajstić information content (AvgIpc) is 2.78. The van der Waals surface area contributed by atoms with Gasteiger partial charge in [0.05, 0.1) is 0 Å². The second kappa shape index (κ2) is 6.88. The van der Waals surface area contributed by atoms with Gasteiger partial charge in [0.15, 0.2) is 4.34 Å². The number of aryl methyl sites for hydroxylation is 1. The zero-order chi connectivity index (χ0) is 13.7. The third-order valence-electron chi connectivity index (χ3n) is 2.19. The van der Waals surface area contributed by atoms with Crippen LogP contribution in [0.2, 0.25) is 5.02 Å². The summed E-state index contributed by atoms with van der Waals surface area (Å²) in [6.45, 7) is 1.91. The van der Waals surface area contributed by atoms with Gasteiger partial charge in [-0.2, -0.15) is 0 Å². The molecule has 0 unspecified atom stereocenters. The van der Waals surface area contributed by atoms with E-state index in [1.54, 1.807) is 36.0 Å². The average molecular weight is 314 g/mol. The van der Waals surface area contributed by atoms with E-state index in [-0.39, 0.29) is 5.91 Å². The third kappa shape index (κ3) is 4.81. The van der Waals surface area contributed by atoms with Crippen LogP contribution < -0.4 is 5.32 Å². The molecule has 0 spiro atoms. The summed E-state index contributed by atoms with van der Waals surface area (Å²) in [4.78, 5) is 11.7. The van der Waals surface area contributed by atoms with E-state index in [1.165, 1.54) is 11.3 Å². The molecule has 1 amide bonds. The molecular weight excluding hydrogens is 302 g/mol. The summed E-state index contributed by atoms with van der Waals surface area (Å²) < 4.78 is 0.900. The lowest BCUT2D eigenvalue weighted by Crippen LogP contribution is -2.11. The van der Waals surface area contributed by atoms with Crippen molar-refractivity contribution in [3.05, 3.63) is 34.3 Å². The number of nitrogens with zero attached hydrogens (tertiary/aromatic N) is 2. The third-order valence-corrected chi connectivity index (χ3v) is 4.42. The minimum Gasteiger partial charge on any atom is -0.326 e. The van der Waals surface area contributed by atoms with Crippen LogP contribution in [0.5, 0.6) is 0 Å². The predicted molar refractivity (Wildman–Crippen MR) is 80.1 cm³/mol. The quantitative estimate of drug-likeness (QED) is 0.857. The Morgan fingerprint density at radius 1 is 1.37 bits per heavy atom. The van der Waals surface area contributed by atoms with Crippen molar-refractivity contribution in [1.29, 1.82) is 0 Å². The van der Waals surface area contributed by atoms with Gasteiger partial charge in [-0.05, 0) is 31.2 Å². The Labute approximate surface area is 124 Å². The first-order chi connectivity index (χ1) is 9.13. The van der Waals surface area contributed by atoms with Gasteiger partial charge in [-0.25, -0.2) is 0 Å². The van der Waals surface area contributed by atoms with Crippen LogP contribution in [0.3, 0.4) is 0 Å². The van der Waals surface area contributed by atoms with E-state index in [9.17, 15) is 4.79 Å². The fourth-order valence-electron chi connectivity index (χ4n) is 1.32. The Kier molecular flexibility index (Phi) is 5.18. The Bertz CT molecular complexity index is 556. The van der Waals surface area contributed by atoms with Crippen molar-refractivity contribution in [2.24, 2.45) is 0 Å². The lowest BCUT2D eigenvalue weighted by molar-refractivity contribution is -0.115. The maximum atomic E-state index is 11.7. The number of thioether (sulfide) groups is 1. The molecule has 0 aliphatic heterocycles. The van der Waals surface area contributed by atoms with Crippen LogP contribution >= 0.6 is 34.7 Å². The van der Waals surface area contributed by atoms with Gasteiger partial charge in [0.1, 0.15) is 5.01 Å². The molecular formula is C12H12ClN3OS2. The number of carbonyl (C=O) groups is 1. The van der Waals surface area contributed by atoms with E-state index in [4.69, 9.17) is 11.6 Å². The Hall–Kier alpha value is -1.11. The number of hydrogen-bond acceptors (Lipinski definition) is 5. The second-order valence-corrected chi connectivity index (χ2v) is 6.70. The van der Waals surface area contributed by atoms with Crippen LogP contribution in [0, 0.1) is 6.92 Å². The van der Waals surface area contributed by atoms with Crippen LogP contribution in [0.1, 0.15) is 11.4 Å². The van der Waals surface area contributed by atoms with Crippen molar-refractivity contribution in [2.45, 2.75) is 17.7 Å². The van der Waals surface area contributed by atoms with Gasteiger partial charge in [-0.15, -0.1) is 10.2 Å². The smallest absolute Gasteiger partial charge is 0.225 e. The first-order valence-electron chi connectivity index (χ1n) is 5.62. The van der Waals surface area contributed by atoms with Crippen molar-refractivity contribution in [2.75, 3.05) is 11.1 Å². The first-order valence-corrected chi connectivity index (χ1v) is 7.80. The monoisotopic (exact) mass is 313 g/mol. The predicted octanol–water partition coefficient (Wildman–Crippen LogP) is 3.62. The maximum absolute atomic E-state index is 11.7. The molecule has 2 rings (SSSR count). The number of nitrogens with one attached hydrogen (secondary N) is 1. The number of anilines is 1. The van der Waals surface area contributed by atoms with Gasteiger partial charge in [-0.3, -0.25) is 4.79 Å². The van der Waals surface area contributed by atoms with Crippen LogP contribution in [0.25, 0.3) is 0 Å². The molecule has 0 saturated carbocycles. The van der Waals surface area contributed by atoms with Crippen molar-refractivity contribution < 1.29 is 4.79 Å². The molecule has 0 aliphatic carbocycles. The highest BCUT2D eigenvalue weighted by atomic mass is 35.5. The minimum atomic E-state index is -0.0175. The molecule has 2 aromatic rings. The molecule has 0 atom stereocenters. The summed E-state index contributed by atoms with van der Waals surface area (Å²) >= 11 is 8.86. The Balaban J connectivity index is 1.74. The van der Waals surface area contributed by atoms with Gasteiger partial charge in [0.25, 0.3) is 0 Å². The Morgan fingerprint density at radius 2 is 2.11 bits per heavy atom. The zero-order valence-electron chi connectivity index (χ0n) is 10.2. The molecule has 0 bridgehead atoms. The first kappa shape index (κ1) is 14.3. The van der Waals surface area contributed by atoms with Crippen molar-refractivity contribution >= 4 is 46.3 Å². The van der Waals surface area contributed by atoms with Crippen LogP contribution in [-0.4, -0.2) is 21.9 Å². The van der Waals surface area contributed by atoms with Crippen LogP contribution in [0.15, 0.2) is 28.6 Å². The van der Waals surface area contributed by atoms with Crippen molar-refractivity contribution in [3.8, 4) is 0 Å². The molecule has 0 radical (unpaired) electrons. The van der Waals surface area contributed by atoms with Gasteiger partial charge < -0.3 is 5.32 Å². The van der Waals surface area contributed by atoms with E-state index >= 15 is 0 Å². The topological polar surface area (TPSA) is 54.9 Å². The summed E-state index contributed by atoms with van der Waals surface area (Å²) in [5, 5.41) is 12.3. The molecule has 19 heavy (non-hydrogen) atoms. The fourth-order valence-corrected chi connectivity index (χ4v) is 3.27. The second-order valence-electron chi connectivity index (χ2n) is 3.74. The van der Waals surface area contributed by atoms with E-state index in [0.29, 0.717) is 17.2 Å². The van der Waals surface area contributed by atoms with E-state index in [2.05, 4.69) is 15.5 Å². The van der Waals surface area contributed by atoms with E-state index < -0.39 is 0 Å². The number of benzene rings is 1. The molecule has 0 aliphatic rings. The van der Waals surface area contributed by atoms with E-state index in [1.807, 2.05) is 6.92 Å². The summed E-state index contributed by atoms with van der Waals surface area (Å²) in [5.41, 5.74) is 0.756. The van der Waals surface area contributed by atoms with E-state index in [0.717, 1.165) is 15.0 Å². The molecule has 0 saturated heterocycles. The minimum absolute atomic E-state index is 0.0175. The number of hydrogen-bond donors (Lipinski definition) is 1.